The van der Waals surface area contributed by atoms with Gasteiger partial charge in [0.25, 0.3) is 0 Å². The van der Waals surface area contributed by atoms with Gasteiger partial charge in [-0.15, -0.1) is 0 Å². The Bertz CT molecular complexity index is 429. The monoisotopic (exact) mass is 289 g/mol. The second-order valence-electron chi connectivity index (χ2n) is 5.87. The minimum Gasteiger partial charge on any atom is -0.347 e. The third-order valence-electron chi connectivity index (χ3n) is 4.09. The van der Waals surface area contributed by atoms with Crippen LogP contribution in [0.5, 0.6) is 0 Å². The maximum atomic E-state index is 12.2. The van der Waals surface area contributed by atoms with E-state index >= 15 is 0 Å². The van der Waals surface area contributed by atoms with Crippen molar-refractivity contribution >= 4 is 5.91 Å². The molecule has 1 heterocycles. The first-order valence-electron chi connectivity index (χ1n) is 8.04. The van der Waals surface area contributed by atoms with Gasteiger partial charge in [-0.3, -0.25) is 4.79 Å². The number of hydrogen-bond acceptors (Lipinski definition) is 3. The minimum absolute atomic E-state index is 0.0275. The summed E-state index contributed by atoms with van der Waals surface area (Å²) < 4.78 is 0. The number of nitrogens with zero attached hydrogens (tertiary/aromatic N) is 1. The van der Waals surface area contributed by atoms with Crippen molar-refractivity contribution in [2.24, 2.45) is 5.73 Å². The van der Waals surface area contributed by atoms with E-state index in [9.17, 15) is 4.79 Å². The fourth-order valence-corrected chi connectivity index (χ4v) is 2.86. The molecular weight excluding hydrogens is 262 g/mol. The van der Waals surface area contributed by atoms with Crippen LogP contribution in [-0.2, 0) is 4.79 Å². The van der Waals surface area contributed by atoms with Crippen LogP contribution in [0.4, 0.5) is 0 Å². The molecule has 0 saturated carbocycles. The molecule has 0 aliphatic carbocycles. The number of rotatable bonds is 7. The van der Waals surface area contributed by atoms with Crippen LogP contribution in [0.2, 0.25) is 0 Å². The summed E-state index contributed by atoms with van der Waals surface area (Å²) in [5.74, 6) is -0.0371. The summed E-state index contributed by atoms with van der Waals surface area (Å²) >= 11 is 0. The van der Waals surface area contributed by atoms with Crippen LogP contribution in [0.3, 0.4) is 0 Å². The first-order chi connectivity index (χ1) is 10.2. The van der Waals surface area contributed by atoms with Crippen molar-refractivity contribution in [1.29, 1.82) is 0 Å². The van der Waals surface area contributed by atoms with Crippen molar-refractivity contribution in [1.82, 2.24) is 10.2 Å². The largest absolute Gasteiger partial charge is 0.347 e. The highest BCUT2D eigenvalue weighted by Gasteiger charge is 2.22. The average Bonchev–Trinajstić information content (AvgIpc) is 3.00. The molecule has 2 atom stereocenters. The lowest BCUT2D eigenvalue weighted by Gasteiger charge is -2.26. The Kier molecular flexibility index (Phi) is 6.21. The van der Waals surface area contributed by atoms with Gasteiger partial charge in [0.15, 0.2) is 0 Å². The number of nitrogens with one attached hydrogen (secondary N) is 1. The molecule has 0 aromatic heterocycles. The predicted octanol–water partition coefficient (Wildman–Crippen LogP) is 2.07. The molecule has 2 unspecified atom stereocenters. The average molecular weight is 289 g/mol. The highest BCUT2D eigenvalue weighted by Crippen LogP contribution is 2.18. The van der Waals surface area contributed by atoms with E-state index in [1.165, 1.54) is 12.8 Å². The molecule has 1 fully saturated rings. The molecule has 4 nitrogen and oxygen atoms in total. The number of benzene rings is 1. The Hall–Kier alpha value is -1.39. The van der Waals surface area contributed by atoms with Crippen molar-refractivity contribution in [2.75, 3.05) is 19.6 Å². The van der Waals surface area contributed by atoms with Crippen LogP contribution in [0.1, 0.15) is 44.2 Å². The molecule has 1 aliphatic heterocycles. The maximum Gasteiger partial charge on any atom is 0.237 e. The molecule has 1 amide bonds. The zero-order valence-electron chi connectivity index (χ0n) is 12.9. The van der Waals surface area contributed by atoms with Crippen LogP contribution in [-0.4, -0.2) is 36.5 Å². The molecule has 21 heavy (non-hydrogen) atoms. The van der Waals surface area contributed by atoms with E-state index in [2.05, 4.69) is 22.3 Å². The predicted molar refractivity (Wildman–Crippen MR) is 85.9 cm³/mol. The molecule has 1 aliphatic rings. The Morgan fingerprint density at radius 1 is 1.29 bits per heavy atom. The molecule has 0 spiro atoms. The summed E-state index contributed by atoms with van der Waals surface area (Å²) in [7, 11) is 0. The second-order valence-corrected chi connectivity index (χ2v) is 5.87. The van der Waals surface area contributed by atoms with Gasteiger partial charge in [0.1, 0.15) is 0 Å². The molecule has 4 heteroatoms. The Balaban J connectivity index is 2.02. The minimum atomic E-state index is -0.403. The van der Waals surface area contributed by atoms with Gasteiger partial charge in [0.05, 0.1) is 12.1 Å². The Labute approximate surface area is 127 Å². The molecule has 0 bridgehead atoms. The summed E-state index contributed by atoms with van der Waals surface area (Å²) in [5.41, 5.74) is 7.09. The molecule has 116 valence electrons. The van der Waals surface area contributed by atoms with E-state index in [0.717, 1.165) is 38.0 Å². The van der Waals surface area contributed by atoms with Crippen LogP contribution in [0.25, 0.3) is 0 Å². The van der Waals surface area contributed by atoms with Crippen molar-refractivity contribution in [2.45, 2.75) is 44.7 Å². The molecule has 0 radical (unpaired) electrons. The lowest BCUT2D eigenvalue weighted by molar-refractivity contribution is -0.123. The van der Waals surface area contributed by atoms with Crippen LogP contribution in [0, 0.1) is 0 Å². The first-order valence-corrected chi connectivity index (χ1v) is 8.04. The molecule has 3 N–H and O–H groups in total. The van der Waals surface area contributed by atoms with Crippen molar-refractivity contribution < 1.29 is 4.79 Å². The van der Waals surface area contributed by atoms with E-state index in [1.807, 2.05) is 25.1 Å². The zero-order valence-corrected chi connectivity index (χ0v) is 12.9. The smallest absolute Gasteiger partial charge is 0.237 e. The number of likely N-dealkylation sites (tertiary alicyclic amines) is 1. The summed E-state index contributed by atoms with van der Waals surface area (Å²) in [5, 5.41) is 3.14. The topological polar surface area (TPSA) is 58.4 Å². The lowest BCUT2D eigenvalue weighted by atomic mass is 10.1. The third kappa shape index (κ3) is 4.83. The molecule has 1 aromatic carbocycles. The normalized spacial score (nSPS) is 18.4. The van der Waals surface area contributed by atoms with Gasteiger partial charge in [-0.2, -0.15) is 0 Å². The maximum absolute atomic E-state index is 12.2. The summed E-state index contributed by atoms with van der Waals surface area (Å²) in [4.78, 5) is 14.7. The highest BCUT2D eigenvalue weighted by atomic mass is 16.2. The third-order valence-corrected chi connectivity index (χ3v) is 4.09. The van der Waals surface area contributed by atoms with Crippen LogP contribution < -0.4 is 11.1 Å². The highest BCUT2D eigenvalue weighted by molar-refractivity contribution is 5.81. The van der Waals surface area contributed by atoms with Crippen LogP contribution in [0.15, 0.2) is 30.3 Å². The van der Waals surface area contributed by atoms with Gasteiger partial charge >= 0.3 is 0 Å². The number of carbonyl (C=O) groups excluding carboxylic acids is 1. The first kappa shape index (κ1) is 16.0. The van der Waals surface area contributed by atoms with Crippen LogP contribution >= 0.6 is 0 Å². The zero-order chi connectivity index (χ0) is 15.1. The number of amides is 1. The molecular formula is C17H27N3O. The van der Waals surface area contributed by atoms with Gasteiger partial charge in [-0.05, 0) is 37.9 Å². The fourth-order valence-electron chi connectivity index (χ4n) is 2.86. The molecule has 1 saturated heterocycles. The second kappa shape index (κ2) is 8.15. The molecule has 1 aromatic rings. The standard InChI is InChI=1S/C17H27N3O/c1-2-8-15(18)17(21)19-16(13-20-11-6-7-12-20)14-9-4-3-5-10-14/h3-5,9-10,15-16H,2,6-8,11-13,18H2,1H3,(H,19,21). The fraction of sp³-hybridized carbons (Fsp3) is 0.588. The Morgan fingerprint density at radius 2 is 1.95 bits per heavy atom. The molecule has 2 rings (SSSR count). The SMILES string of the molecule is CCCC(N)C(=O)NC(CN1CCCC1)c1ccccc1. The summed E-state index contributed by atoms with van der Waals surface area (Å²) in [6.07, 6.45) is 4.17. The van der Waals surface area contributed by atoms with E-state index < -0.39 is 6.04 Å². The Morgan fingerprint density at radius 3 is 2.57 bits per heavy atom. The van der Waals surface area contributed by atoms with Gasteiger partial charge in [0, 0.05) is 6.54 Å². The number of hydrogen-bond donors (Lipinski definition) is 2. The number of carbonyl (C=O) groups is 1. The van der Waals surface area contributed by atoms with Gasteiger partial charge in [0.2, 0.25) is 5.91 Å². The number of nitrogens with two attached hydrogens (primary N) is 1. The van der Waals surface area contributed by atoms with Crippen molar-refractivity contribution in [3.8, 4) is 0 Å². The lowest BCUT2D eigenvalue weighted by Crippen LogP contribution is -2.45. The van der Waals surface area contributed by atoms with E-state index in [-0.39, 0.29) is 11.9 Å². The summed E-state index contributed by atoms with van der Waals surface area (Å²) in [6, 6.07) is 9.81. The van der Waals surface area contributed by atoms with Gasteiger partial charge < -0.3 is 16.0 Å². The van der Waals surface area contributed by atoms with Crippen molar-refractivity contribution in [3.05, 3.63) is 35.9 Å². The van der Waals surface area contributed by atoms with E-state index in [1.54, 1.807) is 0 Å². The van der Waals surface area contributed by atoms with Gasteiger partial charge in [-0.25, -0.2) is 0 Å². The quantitative estimate of drug-likeness (QED) is 0.808. The van der Waals surface area contributed by atoms with E-state index in [0.29, 0.717) is 0 Å². The van der Waals surface area contributed by atoms with Crippen molar-refractivity contribution in [3.63, 3.8) is 0 Å². The summed E-state index contributed by atoms with van der Waals surface area (Å²) in [6.45, 7) is 5.17. The van der Waals surface area contributed by atoms with E-state index in [4.69, 9.17) is 5.73 Å². The van der Waals surface area contributed by atoms with Gasteiger partial charge in [-0.1, -0.05) is 43.7 Å².